The predicted octanol–water partition coefficient (Wildman–Crippen LogP) is 12.2. The minimum absolute atomic E-state index is 0. The van der Waals surface area contributed by atoms with E-state index in [1.807, 2.05) is 64.8 Å². The molecule has 1 N–H and O–H groups in total. The summed E-state index contributed by atoms with van der Waals surface area (Å²) >= 11 is 0. The Kier molecular flexibility index (Phi) is 14.3. The smallest absolute Gasteiger partial charge is 0.164 e. The first-order chi connectivity index (χ1) is 24.0. The van der Waals surface area contributed by atoms with Crippen LogP contribution in [-0.4, -0.2) is 15.9 Å². The fourth-order valence-electron chi connectivity index (χ4n) is 6.47. The van der Waals surface area contributed by atoms with Gasteiger partial charge in [-0.3, -0.25) is 9.78 Å². The molecule has 1 radical (unpaired) electrons. The summed E-state index contributed by atoms with van der Waals surface area (Å²) in [4.78, 5) is 16.6. The van der Waals surface area contributed by atoms with E-state index in [2.05, 4.69) is 95.2 Å². The Hall–Kier alpha value is -3.73. The van der Waals surface area contributed by atoms with Gasteiger partial charge in [-0.2, -0.15) is 0 Å². The summed E-state index contributed by atoms with van der Waals surface area (Å²) in [6.45, 7) is 23.3. The number of rotatable bonds is 11. The molecule has 281 valence electrons. The number of fused-ring (bicyclic) bond motifs is 2. The van der Waals surface area contributed by atoms with Gasteiger partial charge in [-0.25, -0.2) is 0 Å². The summed E-state index contributed by atoms with van der Waals surface area (Å²) in [5.74, 6) is 0.826. The number of aliphatic hydroxyl groups excluding tert-OH is 1. The number of hydrogen-bond acceptors (Lipinski definition) is 4. The zero-order valence-electron chi connectivity index (χ0n) is 33.2. The molecular formula is C46H59IrN2O3-. The number of aromatic nitrogens is 2. The summed E-state index contributed by atoms with van der Waals surface area (Å²) in [5.41, 5.74) is 6.99. The molecule has 0 unspecified atom stereocenters. The van der Waals surface area contributed by atoms with Crippen molar-refractivity contribution in [2.24, 2.45) is 16.7 Å². The molecule has 3 aromatic heterocycles. The third kappa shape index (κ3) is 9.25. The van der Waals surface area contributed by atoms with Crippen LogP contribution < -0.4 is 4.57 Å². The number of nitrogens with zero attached hydrogens (tertiary/aromatic N) is 2. The van der Waals surface area contributed by atoms with Crippen molar-refractivity contribution < 1.29 is 39.0 Å². The second-order valence-electron chi connectivity index (χ2n) is 16.0. The molecule has 0 amide bonds. The van der Waals surface area contributed by atoms with E-state index in [1.54, 1.807) is 6.20 Å². The van der Waals surface area contributed by atoms with Crippen molar-refractivity contribution in [2.45, 2.75) is 114 Å². The molecule has 0 aliphatic heterocycles. The Labute approximate surface area is 326 Å². The van der Waals surface area contributed by atoms with E-state index in [4.69, 9.17) is 4.42 Å². The zero-order chi connectivity index (χ0) is 37.7. The monoisotopic (exact) mass is 880 g/mol. The number of ketones is 1. The summed E-state index contributed by atoms with van der Waals surface area (Å²) in [5, 5.41) is 13.6. The average Bonchev–Trinajstić information content (AvgIpc) is 3.52. The van der Waals surface area contributed by atoms with Crippen LogP contribution in [0.4, 0.5) is 0 Å². The van der Waals surface area contributed by atoms with Gasteiger partial charge in [0.05, 0.1) is 18.7 Å². The van der Waals surface area contributed by atoms with Crippen LogP contribution in [0.5, 0.6) is 0 Å². The van der Waals surface area contributed by atoms with Gasteiger partial charge in [0.25, 0.3) is 0 Å². The molecule has 0 fully saturated rings. The standard InChI is InChI=1S/C31H31N2O.C15H28O2.Ir/c1-20(2)13-24-19-34-29-18-32-17-26(30(24)29)22-11-12-33(6)28(16-22)23-14-21-9-7-8-10-25(21)27(15-23)31(3,4)5;1-7-14(5,8-2)12(16)11-13(17)15(6,9-3)10-4;/h7-12,15-20H,6,13H2,1-5H3;11,16H,7-10H2,1-6H3;/q-1;;/b;12-11-;. The molecule has 0 aliphatic rings. The second-order valence-corrected chi connectivity index (χ2v) is 16.0. The van der Waals surface area contributed by atoms with Crippen LogP contribution in [0.3, 0.4) is 0 Å². The summed E-state index contributed by atoms with van der Waals surface area (Å²) in [6, 6.07) is 18.7. The molecule has 0 aliphatic carbocycles. The Morgan fingerprint density at radius 1 is 0.962 bits per heavy atom. The summed E-state index contributed by atoms with van der Waals surface area (Å²) in [7, 11) is 4.28. The van der Waals surface area contributed by atoms with Crippen molar-refractivity contribution in [2.75, 3.05) is 0 Å². The van der Waals surface area contributed by atoms with E-state index in [0.29, 0.717) is 5.92 Å². The van der Waals surface area contributed by atoms with Crippen molar-refractivity contribution in [3.63, 3.8) is 0 Å². The van der Waals surface area contributed by atoms with Crippen LogP contribution >= 0.6 is 0 Å². The number of carbonyl (C=O) groups is 1. The number of pyridine rings is 2. The van der Waals surface area contributed by atoms with Gasteiger partial charge in [0.2, 0.25) is 0 Å². The van der Waals surface area contributed by atoms with Gasteiger partial charge in [-0.05, 0) is 66.7 Å². The van der Waals surface area contributed by atoms with E-state index < -0.39 is 0 Å². The average molecular weight is 880 g/mol. The normalized spacial score (nSPS) is 12.5. The molecule has 0 saturated heterocycles. The van der Waals surface area contributed by atoms with E-state index >= 15 is 0 Å². The summed E-state index contributed by atoms with van der Waals surface area (Å²) < 4.78 is 7.79. The predicted molar refractivity (Wildman–Crippen MR) is 213 cm³/mol. The van der Waals surface area contributed by atoms with Crippen molar-refractivity contribution in [3.05, 3.63) is 103 Å². The van der Waals surface area contributed by atoms with Crippen molar-refractivity contribution in [3.8, 4) is 22.4 Å². The maximum absolute atomic E-state index is 12.2. The van der Waals surface area contributed by atoms with Crippen molar-refractivity contribution >= 4 is 27.5 Å². The molecule has 5 rings (SSSR count). The molecule has 0 atom stereocenters. The van der Waals surface area contributed by atoms with Gasteiger partial charge in [0.15, 0.2) is 11.4 Å². The van der Waals surface area contributed by atoms with Crippen LogP contribution in [0.1, 0.15) is 113 Å². The number of hydrogen-bond donors (Lipinski definition) is 1. The summed E-state index contributed by atoms with van der Waals surface area (Å²) in [6.07, 6.45) is 13.4. The Morgan fingerprint density at radius 2 is 1.60 bits per heavy atom. The van der Waals surface area contributed by atoms with E-state index in [9.17, 15) is 9.90 Å². The van der Waals surface area contributed by atoms with Gasteiger partial charge in [0, 0.05) is 61.2 Å². The number of carbonyl (C=O) groups excluding carboxylic acids is 1. The van der Waals surface area contributed by atoms with Crippen LogP contribution in [0.2, 0.25) is 0 Å². The molecule has 0 bridgehead atoms. The Balaban J connectivity index is 0.000000347. The van der Waals surface area contributed by atoms with Gasteiger partial charge in [-0.15, -0.1) is 29.1 Å². The third-order valence-corrected chi connectivity index (χ3v) is 11.0. The molecular weight excluding hydrogens is 821 g/mol. The molecule has 6 heteroatoms. The minimum atomic E-state index is -0.337. The number of allylic oxidation sites excluding steroid dienone is 2. The van der Waals surface area contributed by atoms with Gasteiger partial charge < -0.3 is 14.1 Å². The maximum atomic E-state index is 12.2. The zero-order valence-corrected chi connectivity index (χ0v) is 35.6. The van der Waals surface area contributed by atoms with Crippen molar-refractivity contribution in [1.29, 1.82) is 0 Å². The number of furan rings is 1. The Morgan fingerprint density at radius 3 is 2.19 bits per heavy atom. The molecule has 5 nitrogen and oxygen atoms in total. The molecule has 3 heterocycles. The fraction of sp³-hybridized carbons (Fsp3) is 0.435. The third-order valence-electron chi connectivity index (χ3n) is 11.0. The van der Waals surface area contributed by atoms with E-state index in [0.717, 1.165) is 70.8 Å². The minimum Gasteiger partial charge on any atom is -0.512 e. The van der Waals surface area contributed by atoms with Gasteiger partial charge in [-0.1, -0.05) is 105 Å². The number of aliphatic hydroxyl groups is 1. The van der Waals surface area contributed by atoms with E-state index in [-0.39, 0.29) is 47.9 Å². The fourth-order valence-corrected chi connectivity index (χ4v) is 6.47. The topological polar surface area (TPSA) is 67.2 Å². The first-order valence-electron chi connectivity index (χ1n) is 18.6. The SMILES string of the molecule is CCC(C)(CC)C(=O)/C=C(\O)C(C)(CC)CC.[CH2-][n+]1ccc(-c2cncc3occ(CC(C)C)c23)cc1-c1[c-]c2ccccc2c(C(C)(C)C)c1.[Ir]. The second kappa shape index (κ2) is 17.4. The molecule has 2 aromatic carbocycles. The Bertz CT molecular complexity index is 2010. The quantitative estimate of drug-likeness (QED) is 0.0621. The van der Waals surface area contributed by atoms with Crippen LogP contribution in [0, 0.1) is 29.9 Å². The largest absolute Gasteiger partial charge is 0.512 e. The van der Waals surface area contributed by atoms with Crippen LogP contribution in [0.15, 0.2) is 83.6 Å². The van der Waals surface area contributed by atoms with Crippen molar-refractivity contribution in [1.82, 2.24) is 4.98 Å². The first kappa shape index (κ1) is 42.7. The molecule has 5 aromatic rings. The maximum Gasteiger partial charge on any atom is 0.164 e. The molecule has 0 spiro atoms. The number of benzene rings is 2. The molecule has 0 saturated carbocycles. The van der Waals surface area contributed by atoms with E-state index in [1.165, 1.54) is 22.6 Å². The molecule has 52 heavy (non-hydrogen) atoms. The first-order valence-corrected chi connectivity index (χ1v) is 18.6. The van der Waals surface area contributed by atoms with Crippen LogP contribution in [-0.2, 0) is 36.7 Å². The van der Waals surface area contributed by atoms with Gasteiger partial charge in [0.1, 0.15) is 11.5 Å². The van der Waals surface area contributed by atoms with Gasteiger partial charge >= 0.3 is 0 Å². The van der Waals surface area contributed by atoms with Crippen LogP contribution in [0.25, 0.3) is 44.1 Å².